The summed E-state index contributed by atoms with van der Waals surface area (Å²) in [5.41, 5.74) is 2.63. The standard InChI is InChI=1S/C19H24N4OS/c1-12(25-19-22-21-17(23(19)2)14-10-11-14)18(24)20-16-9-5-7-13-6-3-4-8-15(13)16/h3-4,6,8,12,14,16H,5,7,9-11H2,1-2H3,(H,20,24). The second kappa shape index (κ2) is 6.83. The summed E-state index contributed by atoms with van der Waals surface area (Å²) < 4.78 is 2.04. The smallest absolute Gasteiger partial charge is 0.233 e. The normalized spacial score (nSPS) is 20.8. The molecule has 5 nitrogen and oxygen atoms in total. The van der Waals surface area contributed by atoms with Gasteiger partial charge in [0, 0.05) is 13.0 Å². The van der Waals surface area contributed by atoms with Gasteiger partial charge in [-0.15, -0.1) is 10.2 Å². The molecule has 0 aliphatic heterocycles. The summed E-state index contributed by atoms with van der Waals surface area (Å²) in [5.74, 6) is 1.69. The lowest BCUT2D eigenvalue weighted by molar-refractivity contribution is -0.121. The van der Waals surface area contributed by atoms with E-state index in [2.05, 4.69) is 39.8 Å². The summed E-state index contributed by atoms with van der Waals surface area (Å²) in [4.78, 5) is 12.7. The number of nitrogens with one attached hydrogen (secondary N) is 1. The van der Waals surface area contributed by atoms with Crippen LogP contribution in [-0.2, 0) is 18.3 Å². The lowest BCUT2D eigenvalue weighted by Gasteiger charge is -2.27. The fourth-order valence-corrected chi connectivity index (χ4v) is 4.36. The lowest BCUT2D eigenvalue weighted by atomic mass is 9.88. The summed E-state index contributed by atoms with van der Waals surface area (Å²) in [6, 6.07) is 8.57. The van der Waals surface area contributed by atoms with Crippen LogP contribution in [0.5, 0.6) is 0 Å². The molecule has 4 rings (SSSR count). The molecular formula is C19H24N4OS. The average molecular weight is 356 g/mol. The summed E-state index contributed by atoms with van der Waals surface area (Å²) in [6.45, 7) is 1.94. The molecule has 2 aromatic rings. The molecule has 1 heterocycles. The molecule has 1 saturated carbocycles. The number of fused-ring (bicyclic) bond motifs is 1. The summed E-state index contributed by atoms with van der Waals surface area (Å²) >= 11 is 1.49. The maximum absolute atomic E-state index is 12.7. The van der Waals surface area contributed by atoms with Crippen LogP contribution < -0.4 is 5.32 Å². The molecule has 1 fully saturated rings. The number of hydrogen-bond acceptors (Lipinski definition) is 4. The second-order valence-electron chi connectivity index (χ2n) is 7.09. The Morgan fingerprint density at radius 1 is 1.28 bits per heavy atom. The van der Waals surface area contributed by atoms with Gasteiger partial charge in [0.05, 0.1) is 11.3 Å². The Balaban J connectivity index is 1.41. The van der Waals surface area contributed by atoms with Gasteiger partial charge in [0.15, 0.2) is 5.16 Å². The third kappa shape index (κ3) is 3.45. The van der Waals surface area contributed by atoms with Crippen molar-refractivity contribution >= 4 is 17.7 Å². The van der Waals surface area contributed by atoms with E-state index in [1.807, 2.05) is 18.5 Å². The van der Waals surface area contributed by atoms with Crippen molar-refractivity contribution in [2.24, 2.45) is 7.05 Å². The zero-order chi connectivity index (χ0) is 17.4. The fraction of sp³-hybridized carbons (Fsp3) is 0.526. The molecule has 1 aromatic carbocycles. The number of rotatable bonds is 5. The van der Waals surface area contributed by atoms with E-state index in [4.69, 9.17) is 0 Å². The Morgan fingerprint density at radius 2 is 2.08 bits per heavy atom. The molecule has 2 atom stereocenters. The molecule has 0 spiro atoms. The molecule has 1 N–H and O–H groups in total. The number of nitrogens with zero attached hydrogens (tertiary/aromatic N) is 3. The monoisotopic (exact) mass is 356 g/mol. The number of amides is 1. The third-order valence-electron chi connectivity index (χ3n) is 5.15. The molecule has 132 valence electrons. The number of carbonyl (C=O) groups is 1. The van der Waals surface area contributed by atoms with Crippen LogP contribution in [0.4, 0.5) is 0 Å². The van der Waals surface area contributed by atoms with E-state index in [-0.39, 0.29) is 17.2 Å². The maximum Gasteiger partial charge on any atom is 0.233 e. The highest BCUT2D eigenvalue weighted by Crippen LogP contribution is 2.40. The van der Waals surface area contributed by atoms with Gasteiger partial charge >= 0.3 is 0 Å². The fourth-order valence-electron chi connectivity index (χ4n) is 3.53. The Bertz CT molecular complexity index is 783. The summed E-state index contributed by atoms with van der Waals surface area (Å²) in [5, 5.41) is 12.4. The molecule has 2 aliphatic carbocycles. The Labute approximate surface area is 152 Å². The molecule has 1 amide bonds. The van der Waals surface area contributed by atoms with Crippen molar-refractivity contribution < 1.29 is 4.79 Å². The van der Waals surface area contributed by atoms with E-state index in [1.54, 1.807) is 0 Å². The van der Waals surface area contributed by atoms with Crippen LogP contribution in [0, 0.1) is 0 Å². The number of aryl methyl sites for hydroxylation is 1. The lowest BCUT2D eigenvalue weighted by Crippen LogP contribution is -2.36. The Morgan fingerprint density at radius 3 is 2.88 bits per heavy atom. The predicted octanol–water partition coefficient (Wildman–Crippen LogP) is 3.37. The predicted molar refractivity (Wildman–Crippen MR) is 98.6 cm³/mol. The van der Waals surface area contributed by atoms with Gasteiger partial charge in [-0.25, -0.2) is 0 Å². The number of aromatic nitrogens is 3. The minimum absolute atomic E-state index is 0.0719. The van der Waals surface area contributed by atoms with Crippen LogP contribution in [0.2, 0.25) is 0 Å². The molecular weight excluding hydrogens is 332 g/mol. The van der Waals surface area contributed by atoms with Gasteiger partial charge in [0.1, 0.15) is 5.82 Å². The zero-order valence-corrected chi connectivity index (χ0v) is 15.6. The summed E-state index contributed by atoms with van der Waals surface area (Å²) in [7, 11) is 2.00. The number of hydrogen-bond donors (Lipinski definition) is 1. The van der Waals surface area contributed by atoms with Gasteiger partial charge in [0.2, 0.25) is 5.91 Å². The minimum atomic E-state index is -0.191. The topological polar surface area (TPSA) is 59.8 Å². The molecule has 25 heavy (non-hydrogen) atoms. The number of carbonyl (C=O) groups excluding carboxylic acids is 1. The van der Waals surface area contributed by atoms with Gasteiger partial charge in [-0.1, -0.05) is 36.0 Å². The second-order valence-corrected chi connectivity index (χ2v) is 8.39. The molecule has 2 aliphatic rings. The van der Waals surface area contributed by atoms with Crippen LogP contribution >= 0.6 is 11.8 Å². The molecule has 1 aromatic heterocycles. The van der Waals surface area contributed by atoms with E-state index < -0.39 is 0 Å². The number of benzene rings is 1. The van der Waals surface area contributed by atoms with Gasteiger partial charge < -0.3 is 9.88 Å². The first-order valence-electron chi connectivity index (χ1n) is 9.07. The van der Waals surface area contributed by atoms with E-state index in [9.17, 15) is 4.79 Å². The van der Waals surface area contributed by atoms with Crippen molar-refractivity contribution in [1.82, 2.24) is 20.1 Å². The molecule has 0 bridgehead atoms. The van der Waals surface area contributed by atoms with Crippen molar-refractivity contribution in [3.05, 3.63) is 41.2 Å². The largest absolute Gasteiger partial charge is 0.348 e. The van der Waals surface area contributed by atoms with Crippen molar-refractivity contribution in [3.63, 3.8) is 0 Å². The van der Waals surface area contributed by atoms with Crippen molar-refractivity contribution in [3.8, 4) is 0 Å². The first-order chi connectivity index (χ1) is 12.1. The zero-order valence-electron chi connectivity index (χ0n) is 14.7. The number of thioether (sulfide) groups is 1. The third-order valence-corrected chi connectivity index (χ3v) is 6.28. The quantitative estimate of drug-likeness (QED) is 0.835. The van der Waals surface area contributed by atoms with E-state index in [0.717, 1.165) is 30.2 Å². The van der Waals surface area contributed by atoms with Crippen molar-refractivity contribution in [2.45, 2.75) is 61.4 Å². The first kappa shape index (κ1) is 16.6. The molecule has 6 heteroatoms. The SMILES string of the molecule is CC(Sc1nnc(C2CC2)n1C)C(=O)NC1CCCc2ccccc21. The van der Waals surface area contributed by atoms with Crippen LogP contribution in [0.3, 0.4) is 0 Å². The van der Waals surface area contributed by atoms with Crippen molar-refractivity contribution in [1.29, 1.82) is 0 Å². The molecule has 0 saturated heterocycles. The Hall–Kier alpha value is -1.82. The van der Waals surface area contributed by atoms with Crippen LogP contribution in [-0.4, -0.2) is 25.9 Å². The first-order valence-corrected chi connectivity index (χ1v) is 9.95. The van der Waals surface area contributed by atoms with Gasteiger partial charge in [0.25, 0.3) is 0 Å². The van der Waals surface area contributed by atoms with Crippen LogP contribution in [0.1, 0.15) is 61.5 Å². The van der Waals surface area contributed by atoms with Gasteiger partial charge in [-0.3, -0.25) is 4.79 Å². The highest BCUT2D eigenvalue weighted by Gasteiger charge is 2.30. The van der Waals surface area contributed by atoms with Gasteiger partial charge in [-0.2, -0.15) is 0 Å². The molecule has 0 radical (unpaired) electrons. The minimum Gasteiger partial charge on any atom is -0.348 e. The summed E-state index contributed by atoms with van der Waals surface area (Å²) in [6.07, 6.45) is 5.64. The van der Waals surface area contributed by atoms with Gasteiger partial charge in [-0.05, 0) is 50.2 Å². The average Bonchev–Trinajstić information content (AvgIpc) is 3.40. The Kier molecular flexibility index (Phi) is 4.54. The highest BCUT2D eigenvalue weighted by atomic mass is 32.2. The van der Waals surface area contributed by atoms with E-state index in [0.29, 0.717) is 5.92 Å². The van der Waals surface area contributed by atoms with Crippen LogP contribution in [0.25, 0.3) is 0 Å². The van der Waals surface area contributed by atoms with E-state index in [1.165, 1.54) is 35.7 Å². The van der Waals surface area contributed by atoms with E-state index >= 15 is 0 Å². The van der Waals surface area contributed by atoms with Crippen LogP contribution in [0.15, 0.2) is 29.4 Å². The van der Waals surface area contributed by atoms with Crippen molar-refractivity contribution in [2.75, 3.05) is 0 Å². The maximum atomic E-state index is 12.7. The molecule has 2 unspecified atom stereocenters. The highest BCUT2D eigenvalue weighted by molar-refractivity contribution is 8.00.